The maximum Gasteiger partial charge on any atom is 0.243 e. The van der Waals surface area contributed by atoms with Gasteiger partial charge in [0.25, 0.3) is 0 Å². The fourth-order valence-electron chi connectivity index (χ4n) is 2.03. The van der Waals surface area contributed by atoms with E-state index in [-0.39, 0.29) is 5.91 Å². The van der Waals surface area contributed by atoms with Gasteiger partial charge >= 0.3 is 0 Å². The van der Waals surface area contributed by atoms with Gasteiger partial charge in [-0.3, -0.25) is 9.63 Å². The molecule has 0 atom stereocenters. The summed E-state index contributed by atoms with van der Waals surface area (Å²) in [4.78, 5) is 16.0. The molecule has 0 radical (unpaired) electrons. The average Bonchev–Trinajstić information content (AvgIpc) is 3.11. The van der Waals surface area contributed by atoms with Crippen LogP contribution in [-0.2, 0) is 9.63 Å². The first kappa shape index (κ1) is 21.1. The first-order valence-electron chi connectivity index (χ1n) is 8.69. The lowest BCUT2D eigenvalue weighted by atomic mass is 10.1. The van der Waals surface area contributed by atoms with Crippen molar-refractivity contribution in [2.24, 2.45) is 0 Å². The van der Waals surface area contributed by atoms with Gasteiger partial charge in [0.2, 0.25) is 5.91 Å². The van der Waals surface area contributed by atoms with Gasteiger partial charge in [-0.1, -0.05) is 70.4 Å². The van der Waals surface area contributed by atoms with E-state index in [1.165, 1.54) is 44.9 Å². The Bertz CT molecular complexity index is 298. The predicted molar refractivity (Wildman–Crippen MR) is 95.9 cm³/mol. The van der Waals surface area contributed by atoms with Gasteiger partial charge in [0.1, 0.15) is 0 Å². The van der Waals surface area contributed by atoms with E-state index in [0.717, 1.165) is 12.8 Å². The Morgan fingerprint density at radius 3 is 1.91 bits per heavy atom. The average molecular weight is 328 g/mol. The van der Waals surface area contributed by atoms with Gasteiger partial charge in [0.15, 0.2) is 0 Å². The summed E-state index contributed by atoms with van der Waals surface area (Å²) in [7, 11) is 0. The van der Waals surface area contributed by atoms with Crippen molar-refractivity contribution in [1.29, 1.82) is 0 Å². The summed E-state index contributed by atoms with van der Waals surface area (Å²) in [6.07, 6.45) is 12.1. The van der Waals surface area contributed by atoms with Gasteiger partial charge in [0.05, 0.1) is 6.61 Å². The summed E-state index contributed by atoms with van der Waals surface area (Å²) < 4.78 is 0. The van der Waals surface area contributed by atoms with E-state index in [9.17, 15) is 4.79 Å². The summed E-state index contributed by atoms with van der Waals surface area (Å²) >= 11 is 1.71. The number of hydroxylamine groups is 1. The Morgan fingerprint density at radius 2 is 1.45 bits per heavy atom. The molecule has 128 valence electrons. The maximum absolute atomic E-state index is 11.2. The second-order valence-corrected chi connectivity index (χ2v) is 6.15. The summed E-state index contributed by atoms with van der Waals surface area (Å²) in [5.74, 6) is 0.00907. The SMILES string of the molecule is CCCCCCCCCCCC(=O)NOCC.c1ccsc1. The quantitative estimate of drug-likeness (QED) is 0.393. The van der Waals surface area contributed by atoms with E-state index >= 15 is 0 Å². The highest BCUT2D eigenvalue weighted by Crippen LogP contribution is 2.10. The van der Waals surface area contributed by atoms with Gasteiger partial charge in [0, 0.05) is 6.42 Å². The zero-order valence-electron chi connectivity index (χ0n) is 14.3. The molecular formula is C18H33NO2S. The molecule has 0 unspecified atom stereocenters. The van der Waals surface area contributed by atoms with E-state index in [1.807, 2.05) is 29.8 Å². The molecule has 0 aliphatic heterocycles. The summed E-state index contributed by atoms with van der Waals surface area (Å²) in [5, 5.41) is 4.08. The van der Waals surface area contributed by atoms with Crippen LogP contribution in [0.2, 0.25) is 0 Å². The highest BCUT2D eigenvalue weighted by atomic mass is 32.1. The lowest BCUT2D eigenvalue weighted by Crippen LogP contribution is -2.23. The van der Waals surface area contributed by atoms with Crippen LogP contribution in [0.3, 0.4) is 0 Å². The van der Waals surface area contributed by atoms with Crippen LogP contribution in [0.5, 0.6) is 0 Å². The number of amides is 1. The number of carbonyl (C=O) groups is 1. The number of thiophene rings is 1. The van der Waals surface area contributed by atoms with E-state index in [1.54, 1.807) is 11.3 Å². The molecule has 4 heteroatoms. The molecule has 1 rings (SSSR count). The zero-order chi connectivity index (χ0) is 16.3. The molecule has 1 N–H and O–H groups in total. The molecule has 1 amide bonds. The number of hydrogen-bond acceptors (Lipinski definition) is 3. The van der Waals surface area contributed by atoms with Crippen LogP contribution in [0, 0.1) is 0 Å². The summed E-state index contributed by atoms with van der Waals surface area (Å²) in [6, 6.07) is 4.04. The molecule has 1 aromatic rings. The van der Waals surface area contributed by atoms with Gasteiger partial charge in [-0.2, -0.15) is 11.3 Å². The monoisotopic (exact) mass is 327 g/mol. The third kappa shape index (κ3) is 17.2. The molecule has 3 nitrogen and oxygen atoms in total. The fourth-order valence-corrected chi connectivity index (χ4v) is 2.48. The van der Waals surface area contributed by atoms with Crippen molar-refractivity contribution in [1.82, 2.24) is 5.48 Å². The number of unbranched alkanes of at least 4 members (excludes halogenated alkanes) is 8. The second kappa shape index (κ2) is 18.2. The minimum atomic E-state index is 0.00907. The lowest BCUT2D eigenvalue weighted by Gasteiger charge is -2.03. The van der Waals surface area contributed by atoms with Gasteiger partial charge in [-0.05, 0) is 24.1 Å². The summed E-state index contributed by atoms with van der Waals surface area (Å²) in [5.41, 5.74) is 2.42. The standard InChI is InChI=1S/C14H29NO2.C4H4S/c1-3-5-6-7-8-9-10-11-12-13-14(16)15-17-4-2;1-2-4-5-3-1/h3-13H2,1-2H3,(H,15,16);1-4H. The smallest absolute Gasteiger partial charge is 0.243 e. The molecule has 0 spiro atoms. The van der Waals surface area contributed by atoms with Crippen LogP contribution in [0.4, 0.5) is 0 Å². The number of nitrogens with one attached hydrogen (secondary N) is 1. The Kier molecular flexibility index (Phi) is 17.5. The Hall–Kier alpha value is -0.870. The molecule has 0 aliphatic carbocycles. The largest absolute Gasteiger partial charge is 0.274 e. The predicted octanol–water partition coefficient (Wildman–Crippen LogP) is 5.72. The summed E-state index contributed by atoms with van der Waals surface area (Å²) in [6.45, 7) is 4.63. The van der Waals surface area contributed by atoms with Crippen LogP contribution in [0.15, 0.2) is 22.9 Å². The zero-order valence-corrected chi connectivity index (χ0v) is 15.1. The van der Waals surface area contributed by atoms with Crippen molar-refractivity contribution >= 4 is 17.2 Å². The molecule has 1 aromatic heterocycles. The molecule has 0 fully saturated rings. The molecule has 0 saturated carbocycles. The highest BCUT2D eigenvalue weighted by molar-refractivity contribution is 7.07. The van der Waals surface area contributed by atoms with Crippen molar-refractivity contribution in [3.8, 4) is 0 Å². The topological polar surface area (TPSA) is 38.3 Å². The normalized spacial score (nSPS) is 9.91. The molecule has 0 aromatic carbocycles. The lowest BCUT2D eigenvalue weighted by molar-refractivity contribution is -0.133. The van der Waals surface area contributed by atoms with Crippen LogP contribution in [-0.4, -0.2) is 12.5 Å². The first-order chi connectivity index (χ1) is 10.8. The van der Waals surface area contributed by atoms with Crippen molar-refractivity contribution < 1.29 is 9.63 Å². The minimum Gasteiger partial charge on any atom is -0.274 e. The Balaban J connectivity index is 0.000000734. The van der Waals surface area contributed by atoms with Gasteiger partial charge in [-0.15, -0.1) is 0 Å². The highest BCUT2D eigenvalue weighted by Gasteiger charge is 1.99. The van der Waals surface area contributed by atoms with Crippen molar-refractivity contribution in [3.05, 3.63) is 22.9 Å². The van der Waals surface area contributed by atoms with E-state index in [0.29, 0.717) is 13.0 Å². The number of rotatable bonds is 12. The molecule has 1 heterocycles. The molecule has 22 heavy (non-hydrogen) atoms. The molecular weight excluding hydrogens is 294 g/mol. The van der Waals surface area contributed by atoms with Crippen LogP contribution in [0.1, 0.15) is 78.1 Å². The molecule has 0 aliphatic rings. The van der Waals surface area contributed by atoms with Crippen LogP contribution < -0.4 is 5.48 Å². The Morgan fingerprint density at radius 1 is 0.909 bits per heavy atom. The third-order valence-electron chi connectivity index (χ3n) is 3.26. The maximum atomic E-state index is 11.2. The molecule has 0 saturated heterocycles. The van der Waals surface area contributed by atoms with Crippen molar-refractivity contribution in [2.45, 2.75) is 78.1 Å². The van der Waals surface area contributed by atoms with E-state index in [2.05, 4.69) is 12.4 Å². The van der Waals surface area contributed by atoms with E-state index < -0.39 is 0 Å². The number of carbonyl (C=O) groups excluding carboxylic acids is 1. The van der Waals surface area contributed by atoms with Crippen LogP contribution >= 0.6 is 11.3 Å². The third-order valence-corrected chi connectivity index (χ3v) is 3.89. The van der Waals surface area contributed by atoms with Crippen molar-refractivity contribution in [2.75, 3.05) is 6.61 Å². The Labute approximate surface area is 140 Å². The van der Waals surface area contributed by atoms with Gasteiger partial charge < -0.3 is 0 Å². The van der Waals surface area contributed by atoms with Gasteiger partial charge in [-0.25, -0.2) is 5.48 Å². The second-order valence-electron chi connectivity index (χ2n) is 5.33. The number of hydrogen-bond donors (Lipinski definition) is 1. The van der Waals surface area contributed by atoms with E-state index in [4.69, 9.17) is 4.84 Å². The minimum absolute atomic E-state index is 0.00907. The molecule has 0 bridgehead atoms. The van der Waals surface area contributed by atoms with Crippen molar-refractivity contribution in [3.63, 3.8) is 0 Å². The van der Waals surface area contributed by atoms with Crippen LogP contribution in [0.25, 0.3) is 0 Å². The first-order valence-corrected chi connectivity index (χ1v) is 9.63. The fraction of sp³-hybridized carbons (Fsp3) is 0.722.